The number of halogens is 2. The molecule has 2 N–H and O–H groups in total. The summed E-state index contributed by atoms with van der Waals surface area (Å²) in [7, 11) is -3.42. The Bertz CT molecular complexity index is 908. The van der Waals surface area contributed by atoms with Gasteiger partial charge >= 0.3 is 5.97 Å². The summed E-state index contributed by atoms with van der Waals surface area (Å²) in [6.45, 7) is 1.69. The van der Waals surface area contributed by atoms with Crippen molar-refractivity contribution >= 4 is 44.9 Å². The summed E-state index contributed by atoms with van der Waals surface area (Å²) >= 11 is 11.2. The summed E-state index contributed by atoms with van der Waals surface area (Å²) in [6, 6.07) is 4.75. The molecule has 0 aromatic heterocycles. The topological polar surface area (TPSA) is 110 Å². The number of nitrogens with one attached hydrogen (secondary N) is 1. The third-order valence-electron chi connectivity index (χ3n) is 6.47. The monoisotopic (exact) mass is 593 g/mol. The molecule has 0 unspecified atom stereocenters. The van der Waals surface area contributed by atoms with Gasteiger partial charge in [0.2, 0.25) is 0 Å². The number of hydrogen-bond donors (Lipinski definition) is 2. The Labute approximate surface area is 238 Å². The van der Waals surface area contributed by atoms with E-state index in [0.717, 1.165) is 25.5 Å². The van der Waals surface area contributed by atoms with Crippen LogP contribution in [0.25, 0.3) is 0 Å². The molecule has 0 aliphatic carbocycles. The average Bonchev–Trinajstić information content (AvgIpc) is 2.88. The van der Waals surface area contributed by atoms with Gasteiger partial charge in [-0.05, 0) is 24.1 Å². The molecule has 0 bridgehead atoms. The van der Waals surface area contributed by atoms with Crippen LogP contribution in [0, 0.1) is 0 Å². The van der Waals surface area contributed by atoms with E-state index in [1.807, 2.05) is 0 Å². The van der Waals surface area contributed by atoms with Gasteiger partial charge in [-0.3, -0.25) is 9.59 Å². The molecule has 0 saturated heterocycles. The van der Waals surface area contributed by atoms with Gasteiger partial charge in [-0.25, -0.2) is 8.42 Å². The van der Waals surface area contributed by atoms with E-state index in [2.05, 4.69) is 12.2 Å². The van der Waals surface area contributed by atoms with Gasteiger partial charge in [-0.15, -0.1) is 0 Å². The number of benzene rings is 1. The molecule has 1 aromatic rings. The van der Waals surface area contributed by atoms with E-state index < -0.39 is 45.3 Å². The smallest absolute Gasteiger partial charge is 0.306 e. The number of carbonyl (C=O) groups is 2. The molecule has 0 spiro atoms. The average molecular weight is 595 g/mol. The van der Waals surface area contributed by atoms with Crippen LogP contribution in [-0.4, -0.2) is 49.1 Å². The molecular formula is C28H45Cl2NO6S. The van der Waals surface area contributed by atoms with E-state index in [9.17, 15) is 23.1 Å². The van der Waals surface area contributed by atoms with Crippen molar-refractivity contribution < 1.29 is 27.9 Å². The number of sulfone groups is 1. The van der Waals surface area contributed by atoms with Gasteiger partial charge in [0.05, 0.1) is 17.5 Å². The normalized spacial score (nSPS) is 13.3. The molecule has 10 heteroatoms. The number of aliphatic hydroxyl groups excluding tert-OH is 1. The quantitative estimate of drug-likeness (QED) is 0.0964. The molecule has 0 heterocycles. The van der Waals surface area contributed by atoms with Gasteiger partial charge in [0.1, 0.15) is 6.10 Å². The van der Waals surface area contributed by atoms with E-state index in [-0.39, 0.29) is 11.3 Å². The van der Waals surface area contributed by atoms with Gasteiger partial charge in [0.15, 0.2) is 14.7 Å². The van der Waals surface area contributed by atoms with Crippen LogP contribution in [0.5, 0.6) is 0 Å². The van der Waals surface area contributed by atoms with Gasteiger partial charge < -0.3 is 15.2 Å². The Hall–Kier alpha value is -1.35. The van der Waals surface area contributed by atoms with Crippen molar-refractivity contribution in [2.45, 2.75) is 119 Å². The Morgan fingerprint density at radius 1 is 0.868 bits per heavy atom. The second-order valence-corrected chi connectivity index (χ2v) is 13.0. The van der Waals surface area contributed by atoms with Crippen molar-refractivity contribution in [1.29, 1.82) is 0 Å². The number of alkyl halides is 2. The molecule has 0 fully saturated rings. The number of hydrogen-bond acceptors (Lipinski definition) is 6. The molecule has 2 atom stereocenters. The largest absolute Gasteiger partial charge is 0.455 e. The van der Waals surface area contributed by atoms with E-state index in [0.29, 0.717) is 12.0 Å². The molecule has 0 aliphatic rings. The van der Waals surface area contributed by atoms with Crippen molar-refractivity contribution in [3.05, 3.63) is 29.8 Å². The fourth-order valence-corrected chi connectivity index (χ4v) is 4.99. The molecule has 218 valence electrons. The Morgan fingerprint density at radius 3 is 1.76 bits per heavy atom. The van der Waals surface area contributed by atoms with Crippen molar-refractivity contribution in [2.24, 2.45) is 0 Å². The fraction of sp³-hybridized carbons (Fsp3) is 0.714. The zero-order chi connectivity index (χ0) is 28.4. The number of rotatable bonds is 21. The first-order valence-electron chi connectivity index (χ1n) is 13.8. The summed E-state index contributed by atoms with van der Waals surface area (Å²) in [5, 5.41) is 12.4. The lowest BCUT2D eigenvalue weighted by molar-refractivity contribution is -0.152. The van der Waals surface area contributed by atoms with Crippen LogP contribution in [-0.2, 0) is 24.2 Å². The highest BCUT2D eigenvalue weighted by Gasteiger charge is 2.29. The van der Waals surface area contributed by atoms with E-state index in [1.54, 1.807) is 0 Å². The molecule has 1 amide bonds. The maximum Gasteiger partial charge on any atom is 0.306 e. The van der Waals surface area contributed by atoms with Gasteiger partial charge in [-0.2, -0.15) is 0 Å². The Balaban J connectivity index is 2.53. The minimum atomic E-state index is -3.42. The van der Waals surface area contributed by atoms with Crippen molar-refractivity contribution in [1.82, 2.24) is 5.32 Å². The first-order valence-corrected chi connectivity index (χ1v) is 16.6. The minimum Gasteiger partial charge on any atom is -0.455 e. The summed E-state index contributed by atoms with van der Waals surface area (Å²) in [4.78, 5) is 23.4. The molecule has 0 radical (unpaired) electrons. The molecule has 0 saturated carbocycles. The number of unbranched alkanes of at least 4 members (excludes halogenated alkanes) is 12. The van der Waals surface area contributed by atoms with E-state index in [1.165, 1.54) is 82.1 Å². The van der Waals surface area contributed by atoms with Crippen LogP contribution < -0.4 is 5.32 Å². The fourth-order valence-electron chi connectivity index (χ4n) is 4.24. The zero-order valence-electron chi connectivity index (χ0n) is 22.8. The number of ether oxygens (including phenoxy) is 1. The minimum absolute atomic E-state index is 0.101. The summed E-state index contributed by atoms with van der Waals surface area (Å²) < 4.78 is 29.2. The summed E-state index contributed by atoms with van der Waals surface area (Å²) in [5.41, 5.74) is 0.427. The van der Waals surface area contributed by atoms with Crippen molar-refractivity contribution in [2.75, 3.05) is 12.9 Å². The second-order valence-electron chi connectivity index (χ2n) is 9.84. The molecule has 1 rings (SSSR count). The highest BCUT2D eigenvalue weighted by molar-refractivity contribution is 7.90. The van der Waals surface area contributed by atoms with Crippen LogP contribution in [0.15, 0.2) is 29.2 Å². The number of aliphatic hydroxyl groups is 1. The third kappa shape index (κ3) is 14.7. The first-order chi connectivity index (χ1) is 18.1. The zero-order valence-corrected chi connectivity index (χ0v) is 25.1. The Kier molecular flexibility index (Phi) is 17.9. The van der Waals surface area contributed by atoms with Gasteiger partial charge in [0.25, 0.3) is 5.91 Å². The van der Waals surface area contributed by atoms with Crippen LogP contribution in [0.3, 0.4) is 0 Å². The lowest BCUT2D eigenvalue weighted by Gasteiger charge is -2.27. The van der Waals surface area contributed by atoms with E-state index >= 15 is 0 Å². The highest BCUT2D eigenvalue weighted by Crippen LogP contribution is 2.25. The lowest BCUT2D eigenvalue weighted by Crippen LogP contribution is -2.45. The second kappa shape index (κ2) is 19.7. The Morgan fingerprint density at radius 2 is 1.34 bits per heavy atom. The molecule has 7 nitrogen and oxygen atoms in total. The number of amides is 1. The number of esters is 1. The molecule has 38 heavy (non-hydrogen) atoms. The van der Waals surface area contributed by atoms with Gasteiger partial charge in [-0.1, -0.05) is 119 Å². The maximum atomic E-state index is 12.6. The van der Waals surface area contributed by atoms with E-state index in [4.69, 9.17) is 27.9 Å². The van der Waals surface area contributed by atoms with Crippen LogP contribution in [0.1, 0.15) is 108 Å². The molecular weight excluding hydrogens is 549 g/mol. The number of carbonyl (C=O) groups excluding carboxylic acids is 2. The van der Waals surface area contributed by atoms with Crippen molar-refractivity contribution in [3.63, 3.8) is 0 Å². The lowest BCUT2D eigenvalue weighted by atomic mass is 10.0. The standard InChI is InChI=1S/C28H45Cl2NO6S/c1-3-4-5-6-7-8-9-10-11-12-13-14-15-16-25(33)37-26(24(21-32)31-28(34)27(29)30)22-17-19-23(20-18-22)38(2,35)36/h17-20,24,26-27,32H,3-16,21H2,1-2H3,(H,31,34)/t24-,26-/m1/s1. The molecule has 0 aliphatic heterocycles. The molecule has 1 aromatic carbocycles. The summed E-state index contributed by atoms with van der Waals surface area (Å²) in [6.07, 6.45) is 15.8. The maximum absolute atomic E-state index is 12.6. The van der Waals surface area contributed by atoms with Crippen molar-refractivity contribution in [3.8, 4) is 0 Å². The third-order valence-corrected chi connectivity index (χ3v) is 7.99. The SMILES string of the molecule is CCCCCCCCCCCCCCCC(=O)O[C@H](c1ccc(S(C)(=O)=O)cc1)[C@@H](CO)NC(=O)C(Cl)Cl. The van der Waals surface area contributed by atoms with Crippen LogP contribution >= 0.6 is 23.2 Å². The predicted molar refractivity (Wildman–Crippen MR) is 153 cm³/mol. The van der Waals surface area contributed by atoms with Gasteiger partial charge in [0, 0.05) is 12.7 Å². The summed E-state index contributed by atoms with van der Waals surface area (Å²) in [5.74, 6) is -1.20. The highest BCUT2D eigenvalue weighted by atomic mass is 35.5. The predicted octanol–water partition coefficient (Wildman–Crippen LogP) is 6.44. The van der Waals surface area contributed by atoms with Crippen LogP contribution in [0.2, 0.25) is 0 Å². The van der Waals surface area contributed by atoms with Crippen LogP contribution in [0.4, 0.5) is 0 Å². The first kappa shape index (κ1) is 34.7.